The topological polar surface area (TPSA) is 26.0 Å². The maximum atomic E-state index is 13.1. The van der Waals surface area contributed by atoms with Gasteiger partial charge in [0.2, 0.25) is 0 Å². The molecule has 2 N–H and O–H groups in total. The lowest BCUT2D eigenvalue weighted by Crippen LogP contribution is -2.16. The van der Waals surface area contributed by atoms with E-state index in [1.54, 1.807) is 0 Å². The summed E-state index contributed by atoms with van der Waals surface area (Å²) in [5.74, 6) is 0.653. The maximum absolute atomic E-state index is 13.1. The summed E-state index contributed by atoms with van der Waals surface area (Å²) in [7, 11) is 0. The van der Waals surface area contributed by atoms with Gasteiger partial charge in [-0.05, 0) is 25.3 Å². The molecule has 1 aliphatic carbocycles. The third-order valence-corrected chi connectivity index (χ3v) is 2.79. The molecule has 12 heavy (non-hydrogen) atoms. The van der Waals surface area contributed by atoms with Gasteiger partial charge < -0.3 is 5.73 Å². The number of rotatable bonds is 4. The fourth-order valence-electron chi connectivity index (χ4n) is 2.08. The van der Waals surface area contributed by atoms with E-state index in [0.717, 1.165) is 6.42 Å². The van der Waals surface area contributed by atoms with E-state index in [1.807, 2.05) is 0 Å². The fraction of sp³-hybridized carbons (Fsp3) is 1.00. The van der Waals surface area contributed by atoms with Crippen molar-refractivity contribution in [2.75, 3.05) is 6.54 Å². The highest BCUT2D eigenvalue weighted by molar-refractivity contribution is 4.70. The van der Waals surface area contributed by atoms with Gasteiger partial charge in [0.05, 0.1) is 0 Å². The lowest BCUT2D eigenvalue weighted by atomic mass is 9.85. The molecule has 0 bridgehead atoms. The van der Waals surface area contributed by atoms with Crippen LogP contribution in [0.2, 0.25) is 0 Å². The predicted octanol–water partition coefficient (Wildman–Crippen LogP) is 2.64. The molecule has 72 valence electrons. The van der Waals surface area contributed by atoms with Gasteiger partial charge in [0.1, 0.15) is 6.17 Å². The van der Waals surface area contributed by atoms with Crippen LogP contribution in [0.1, 0.15) is 44.9 Å². The van der Waals surface area contributed by atoms with E-state index in [4.69, 9.17) is 5.73 Å². The van der Waals surface area contributed by atoms with Gasteiger partial charge in [0, 0.05) is 0 Å². The van der Waals surface area contributed by atoms with Gasteiger partial charge in [-0.3, -0.25) is 0 Å². The van der Waals surface area contributed by atoms with Gasteiger partial charge >= 0.3 is 0 Å². The van der Waals surface area contributed by atoms with E-state index in [0.29, 0.717) is 18.9 Å². The standard InChI is InChI=1S/C10H20FN/c11-10(6-7-12)8-9-4-2-1-3-5-9/h9-10H,1-8,12H2. The van der Waals surface area contributed by atoms with Crippen molar-refractivity contribution in [2.24, 2.45) is 11.7 Å². The molecule has 0 saturated heterocycles. The quantitative estimate of drug-likeness (QED) is 0.695. The molecule has 1 saturated carbocycles. The Morgan fingerprint density at radius 1 is 1.25 bits per heavy atom. The minimum absolute atomic E-state index is 0.494. The monoisotopic (exact) mass is 173 g/mol. The van der Waals surface area contributed by atoms with Crippen LogP contribution in [0.5, 0.6) is 0 Å². The van der Waals surface area contributed by atoms with Gasteiger partial charge in [-0.1, -0.05) is 32.1 Å². The lowest BCUT2D eigenvalue weighted by Gasteiger charge is -2.22. The SMILES string of the molecule is NCCC(F)CC1CCCCC1. The zero-order chi connectivity index (χ0) is 8.81. The Morgan fingerprint density at radius 3 is 2.50 bits per heavy atom. The van der Waals surface area contributed by atoms with Crippen LogP contribution in [-0.2, 0) is 0 Å². The second-order valence-corrected chi connectivity index (χ2v) is 3.91. The highest BCUT2D eigenvalue weighted by atomic mass is 19.1. The van der Waals surface area contributed by atoms with Crippen LogP contribution in [-0.4, -0.2) is 12.7 Å². The number of hydrogen-bond acceptors (Lipinski definition) is 1. The lowest BCUT2D eigenvalue weighted by molar-refractivity contribution is 0.223. The van der Waals surface area contributed by atoms with Gasteiger partial charge in [-0.2, -0.15) is 0 Å². The van der Waals surface area contributed by atoms with Gasteiger partial charge in [-0.25, -0.2) is 4.39 Å². The second-order valence-electron chi connectivity index (χ2n) is 3.91. The molecule has 0 aromatic heterocycles. The molecule has 0 aromatic rings. The largest absolute Gasteiger partial charge is 0.330 e. The normalized spacial score (nSPS) is 22.5. The van der Waals surface area contributed by atoms with E-state index in [9.17, 15) is 4.39 Å². The second kappa shape index (κ2) is 5.52. The van der Waals surface area contributed by atoms with Crippen molar-refractivity contribution in [1.82, 2.24) is 0 Å². The molecular formula is C10H20FN. The van der Waals surface area contributed by atoms with Crippen LogP contribution >= 0.6 is 0 Å². The average Bonchev–Trinajstić information content (AvgIpc) is 2.06. The Morgan fingerprint density at radius 2 is 1.92 bits per heavy atom. The molecule has 0 radical (unpaired) electrons. The van der Waals surface area contributed by atoms with Crippen LogP contribution in [0.3, 0.4) is 0 Å². The summed E-state index contributed by atoms with van der Waals surface area (Å²) in [6.45, 7) is 0.494. The zero-order valence-corrected chi connectivity index (χ0v) is 7.77. The molecule has 0 aliphatic heterocycles. The van der Waals surface area contributed by atoms with Crippen molar-refractivity contribution in [3.63, 3.8) is 0 Å². The summed E-state index contributed by atoms with van der Waals surface area (Å²) in [6, 6.07) is 0. The Balaban J connectivity index is 2.11. The van der Waals surface area contributed by atoms with Gasteiger partial charge in [-0.15, -0.1) is 0 Å². The highest BCUT2D eigenvalue weighted by Crippen LogP contribution is 2.28. The molecule has 0 heterocycles. The molecule has 0 spiro atoms. The van der Waals surface area contributed by atoms with E-state index < -0.39 is 6.17 Å². The minimum Gasteiger partial charge on any atom is -0.330 e. The molecule has 1 fully saturated rings. The first-order valence-electron chi connectivity index (χ1n) is 5.17. The molecule has 1 atom stereocenters. The van der Waals surface area contributed by atoms with E-state index >= 15 is 0 Å². The molecule has 1 nitrogen and oxygen atoms in total. The number of halogens is 1. The minimum atomic E-state index is -0.641. The van der Waals surface area contributed by atoms with Crippen molar-refractivity contribution < 1.29 is 4.39 Å². The van der Waals surface area contributed by atoms with Gasteiger partial charge in [0.15, 0.2) is 0 Å². The van der Waals surface area contributed by atoms with Crippen LogP contribution in [0, 0.1) is 5.92 Å². The molecule has 0 amide bonds. The Kier molecular flexibility index (Phi) is 4.59. The third kappa shape index (κ3) is 3.53. The first kappa shape index (κ1) is 9.97. The third-order valence-electron chi connectivity index (χ3n) is 2.79. The molecule has 1 rings (SSSR count). The summed E-state index contributed by atoms with van der Waals surface area (Å²) in [5.41, 5.74) is 5.29. The van der Waals surface area contributed by atoms with Crippen molar-refractivity contribution in [1.29, 1.82) is 0 Å². The number of nitrogens with two attached hydrogens (primary N) is 1. The number of hydrogen-bond donors (Lipinski definition) is 1. The van der Waals surface area contributed by atoms with Crippen molar-refractivity contribution in [3.8, 4) is 0 Å². The van der Waals surface area contributed by atoms with E-state index in [-0.39, 0.29) is 0 Å². The predicted molar refractivity (Wildman–Crippen MR) is 49.8 cm³/mol. The Bertz CT molecular complexity index is 110. The van der Waals surface area contributed by atoms with Crippen molar-refractivity contribution >= 4 is 0 Å². The maximum Gasteiger partial charge on any atom is 0.102 e. The summed E-state index contributed by atoms with van der Waals surface area (Å²) < 4.78 is 13.1. The number of alkyl halides is 1. The van der Waals surface area contributed by atoms with Crippen molar-refractivity contribution in [2.45, 2.75) is 51.1 Å². The average molecular weight is 173 g/mol. The van der Waals surface area contributed by atoms with Gasteiger partial charge in [0.25, 0.3) is 0 Å². The summed E-state index contributed by atoms with van der Waals surface area (Å²) in [4.78, 5) is 0. The summed E-state index contributed by atoms with van der Waals surface area (Å²) in [6.07, 6.45) is 7.12. The highest BCUT2D eigenvalue weighted by Gasteiger charge is 2.17. The van der Waals surface area contributed by atoms with Crippen LogP contribution < -0.4 is 5.73 Å². The summed E-state index contributed by atoms with van der Waals surface area (Å²) >= 11 is 0. The first-order chi connectivity index (χ1) is 5.83. The van der Waals surface area contributed by atoms with Crippen LogP contribution in [0.25, 0.3) is 0 Å². The van der Waals surface area contributed by atoms with Crippen LogP contribution in [0.4, 0.5) is 4.39 Å². The zero-order valence-electron chi connectivity index (χ0n) is 7.77. The van der Waals surface area contributed by atoms with Crippen LogP contribution in [0.15, 0.2) is 0 Å². The molecule has 2 heteroatoms. The Labute approximate surface area is 74.5 Å². The Hall–Kier alpha value is -0.110. The first-order valence-corrected chi connectivity index (χ1v) is 5.17. The molecular weight excluding hydrogens is 153 g/mol. The molecule has 1 unspecified atom stereocenters. The molecule has 1 aliphatic rings. The summed E-state index contributed by atoms with van der Waals surface area (Å²) in [5, 5.41) is 0. The van der Waals surface area contributed by atoms with E-state index in [1.165, 1.54) is 32.1 Å². The smallest absolute Gasteiger partial charge is 0.102 e. The van der Waals surface area contributed by atoms with E-state index in [2.05, 4.69) is 0 Å². The fourth-order valence-corrected chi connectivity index (χ4v) is 2.08. The van der Waals surface area contributed by atoms with Crippen molar-refractivity contribution in [3.05, 3.63) is 0 Å². The molecule has 0 aromatic carbocycles.